The first-order valence-corrected chi connectivity index (χ1v) is 10.9. The largest absolute Gasteiger partial charge is 0.470 e. The number of hydrogen-bond donors (Lipinski definition) is 2. The quantitative estimate of drug-likeness (QED) is 0.459. The van der Waals surface area contributed by atoms with Crippen LogP contribution in [0.15, 0.2) is 42.9 Å². The summed E-state index contributed by atoms with van der Waals surface area (Å²) in [6.45, 7) is -0.773. The standard InChI is InChI=1S/C23H22F2N6O2/c24-18(25)12-33-20-19-15(14-1-2-16-17(11-14)27-9-8-26-16)3-10-31(19)30-21(28-20)29-22-4-6-23(32,13-22)7-5-22/h1-3,8-11,18,32H,4-7,12-13H2,(H,29,30). The average Bonchev–Trinajstić information content (AvgIpc) is 3.47. The zero-order valence-electron chi connectivity index (χ0n) is 17.7. The van der Waals surface area contributed by atoms with Crippen LogP contribution in [0.25, 0.3) is 27.7 Å². The van der Waals surface area contributed by atoms with Crippen LogP contribution in [0.4, 0.5) is 14.7 Å². The molecule has 4 aromatic rings. The highest BCUT2D eigenvalue weighted by Crippen LogP contribution is 2.51. The molecule has 170 valence electrons. The average molecular weight is 452 g/mol. The minimum Gasteiger partial charge on any atom is -0.470 e. The van der Waals surface area contributed by atoms with Crippen molar-refractivity contribution in [2.45, 2.75) is 49.7 Å². The van der Waals surface area contributed by atoms with Gasteiger partial charge in [0.05, 0.1) is 16.6 Å². The van der Waals surface area contributed by atoms with Crippen LogP contribution in [0.5, 0.6) is 5.88 Å². The Hall–Kier alpha value is -3.40. The Balaban J connectivity index is 1.43. The monoisotopic (exact) mass is 452 g/mol. The molecule has 2 aliphatic carbocycles. The predicted molar refractivity (Wildman–Crippen MR) is 117 cm³/mol. The highest BCUT2D eigenvalue weighted by atomic mass is 19.3. The van der Waals surface area contributed by atoms with Gasteiger partial charge in [0.1, 0.15) is 5.52 Å². The maximum Gasteiger partial charge on any atom is 0.272 e. The van der Waals surface area contributed by atoms with Gasteiger partial charge in [-0.05, 0) is 55.9 Å². The van der Waals surface area contributed by atoms with Crippen molar-refractivity contribution in [2.24, 2.45) is 0 Å². The lowest BCUT2D eigenvalue weighted by atomic mass is 9.93. The molecule has 0 atom stereocenters. The van der Waals surface area contributed by atoms with E-state index in [4.69, 9.17) is 4.74 Å². The summed E-state index contributed by atoms with van der Waals surface area (Å²) in [6, 6.07) is 7.49. The third kappa shape index (κ3) is 3.54. The molecule has 3 aromatic heterocycles. The highest BCUT2D eigenvalue weighted by molar-refractivity contribution is 5.89. The molecule has 8 nitrogen and oxygen atoms in total. The molecule has 2 N–H and O–H groups in total. The van der Waals surface area contributed by atoms with E-state index in [-0.39, 0.29) is 11.4 Å². The molecular formula is C23H22F2N6O2. The lowest BCUT2D eigenvalue weighted by Gasteiger charge is -2.27. The second-order valence-electron chi connectivity index (χ2n) is 9.03. The van der Waals surface area contributed by atoms with E-state index in [0.717, 1.165) is 47.8 Å². The van der Waals surface area contributed by atoms with Gasteiger partial charge in [-0.1, -0.05) is 6.07 Å². The predicted octanol–water partition coefficient (Wildman–Crippen LogP) is 3.84. The fourth-order valence-corrected chi connectivity index (χ4v) is 5.24. The van der Waals surface area contributed by atoms with Crippen molar-refractivity contribution in [1.29, 1.82) is 0 Å². The molecule has 6 rings (SSSR count). The van der Waals surface area contributed by atoms with E-state index in [9.17, 15) is 13.9 Å². The lowest BCUT2D eigenvalue weighted by Crippen LogP contribution is -2.34. The number of benzene rings is 1. The molecule has 0 amide bonds. The summed E-state index contributed by atoms with van der Waals surface area (Å²) < 4.78 is 33.1. The van der Waals surface area contributed by atoms with Crippen molar-refractivity contribution >= 4 is 22.5 Å². The number of halogens is 2. The number of anilines is 1. The van der Waals surface area contributed by atoms with Crippen LogP contribution in [-0.2, 0) is 0 Å². The fourth-order valence-electron chi connectivity index (χ4n) is 5.24. The molecule has 0 spiro atoms. The number of ether oxygens (including phenoxy) is 1. The molecule has 2 bridgehead atoms. The molecular weight excluding hydrogens is 430 g/mol. The summed E-state index contributed by atoms with van der Waals surface area (Å²) in [5.74, 6) is 0.374. The molecule has 0 radical (unpaired) electrons. The van der Waals surface area contributed by atoms with E-state index in [2.05, 4.69) is 25.4 Å². The normalized spacial score (nSPS) is 24.2. The van der Waals surface area contributed by atoms with Crippen molar-refractivity contribution in [3.8, 4) is 17.0 Å². The van der Waals surface area contributed by atoms with Crippen molar-refractivity contribution in [1.82, 2.24) is 24.6 Å². The molecule has 0 saturated heterocycles. The first-order chi connectivity index (χ1) is 15.9. The van der Waals surface area contributed by atoms with Crippen LogP contribution in [0.2, 0.25) is 0 Å². The van der Waals surface area contributed by atoms with Gasteiger partial charge in [-0.3, -0.25) is 9.97 Å². The van der Waals surface area contributed by atoms with Crippen LogP contribution >= 0.6 is 0 Å². The Labute approximate surface area is 187 Å². The topological polar surface area (TPSA) is 97.5 Å². The third-order valence-corrected chi connectivity index (χ3v) is 6.79. The number of aliphatic hydroxyl groups is 1. The van der Waals surface area contributed by atoms with Crippen molar-refractivity contribution in [2.75, 3.05) is 11.9 Å². The van der Waals surface area contributed by atoms with Crippen LogP contribution in [-0.4, -0.2) is 53.8 Å². The first-order valence-electron chi connectivity index (χ1n) is 10.9. The zero-order valence-corrected chi connectivity index (χ0v) is 17.7. The fraction of sp³-hybridized carbons (Fsp3) is 0.391. The highest BCUT2D eigenvalue weighted by Gasteiger charge is 2.53. The van der Waals surface area contributed by atoms with E-state index in [1.165, 1.54) is 0 Å². The molecule has 10 heteroatoms. The molecule has 33 heavy (non-hydrogen) atoms. The summed E-state index contributed by atoms with van der Waals surface area (Å²) >= 11 is 0. The summed E-state index contributed by atoms with van der Waals surface area (Å²) in [5, 5.41) is 18.5. The Morgan fingerprint density at radius 3 is 2.61 bits per heavy atom. The minimum absolute atomic E-state index is 0.0784. The van der Waals surface area contributed by atoms with Gasteiger partial charge >= 0.3 is 0 Å². The lowest BCUT2D eigenvalue weighted by molar-refractivity contribution is 0.0521. The van der Waals surface area contributed by atoms with Crippen molar-refractivity contribution in [3.63, 3.8) is 0 Å². The van der Waals surface area contributed by atoms with Crippen LogP contribution in [0, 0.1) is 0 Å². The number of nitrogens with one attached hydrogen (secondary N) is 1. The number of alkyl halides is 2. The number of rotatable bonds is 6. The summed E-state index contributed by atoms with van der Waals surface area (Å²) in [6.07, 6.45) is 6.09. The number of nitrogens with zero attached hydrogens (tertiary/aromatic N) is 5. The third-order valence-electron chi connectivity index (χ3n) is 6.79. The van der Waals surface area contributed by atoms with Gasteiger partial charge in [-0.15, -0.1) is 5.10 Å². The van der Waals surface area contributed by atoms with Crippen LogP contribution in [0.1, 0.15) is 32.1 Å². The van der Waals surface area contributed by atoms with Gasteiger partial charge < -0.3 is 15.2 Å². The van der Waals surface area contributed by atoms with Gasteiger partial charge in [0.15, 0.2) is 6.61 Å². The van der Waals surface area contributed by atoms with Gasteiger partial charge in [0, 0.05) is 29.7 Å². The summed E-state index contributed by atoms with van der Waals surface area (Å²) in [7, 11) is 0. The first kappa shape index (κ1) is 20.2. The maximum absolute atomic E-state index is 13.0. The molecule has 1 aromatic carbocycles. The van der Waals surface area contributed by atoms with Gasteiger partial charge in [0.2, 0.25) is 11.8 Å². The van der Waals surface area contributed by atoms with E-state index in [1.807, 2.05) is 24.3 Å². The van der Waals surface area contributed by atoms with Crippen LogP contribution in [0.3, 0.4) is 0 Å². The molecule has 3 heterocycles. The van der Waals surface area contributed by atoms with E-state index < -0.39 is 18.6 Å². The van der Waals surface area contributed by atoms with Gasteiger partial charge in [0.25, 0.3) is 6.43 Å². The Morgan fingerprint density at radius 2 is 1.88 bits per heavy atom. The van der Waals surface area contributed by atoms with E-state index in [1.54, 1.807) is 23.1 Å². The number of aromatic nitrogens is 5. The maximum atomic E-state index is 13.0. The minimum atomic E-state index is -2.64. The smallest absolute Gasteiger partial charge is 0.272 e. The van der Waals surface area contributed by atoms with Crippen molar-refractivity contribution < 1.29 is 18.6 Å². The van der Waals surface area contributed by atoms with Crippen LogP contribution < -0.4 is 10.1 Å². The molecule has 0 aliphatic heterocycles. The Kier molecular flexibility index (Phi) is 4.48. The molecule has 2 saturated carbocycles. The second kappa shape index (κ2) is 7.31. The Morgan fingerprint density at radius 1 is 1.09 bits per heavy atom. The number of hydrogen-bond acceptors (Lipinski definition) is 7. The summed E-state index contributed by atoms with van der Waals surface area (Å²) in [5.41, 5.74) is 2.63. The second-order valence-corrected chi connectivity index (χ2v) is 9.03. The van der Waals surface area contributed by atoms with Gasteiger partial charge in [-0.25, -0.2) is 13.3 Å². The molecule has 2 aliphatic rings. The number of fused-ring (bicyclic) bond motifs is 4. The SMILES string of the molecule is OC12CCC(Nc3nc(OCC(F)F)c4c(-c5ccc6nccnc6c5)ccn4n3)(CC1)C2. The van der Waals surface area contributed by atoms with E-state index in [0.29, 0.717) is 17.9 Å². The van der Waals surface area contributed by atoms with E-state index >= 15 is 0 Å². The summed E-state index contributed by atoms with van der Waals surface area (Å²) in [4.78, 5) is 13.1. The van der Waals surface area contributed by atoms with Gasteiger partial charge in [-0.2, -0.15) is 4.98 Å². The molecule has 0 unspecified atom stereocenters. The van der Waals surface area contributed by atoms with Crippen molar-refractivity contribution in [3.05, 3.63) is 42.9 Å². The molecule has 2 fully saturated rings. The Bertz CT molecular complexity index is 1350. The zero-order chi connectivity index (χ0) is 22.6.